The van der Waals surface area contributed by atoms with Gasteiger partial charge < -0.3 is 9.64 Å². The van der Waals surface area contributed by atoms with E-state index in [1.807, 2.05) is 37.3 Å². The Hall–Kier alpha value is -4.03. The van der Waals surface area contributed by atoms with Gasteiger partial charge in [-0.3, -0.25) is 9.69 Å². The van der Waals surface area contributed by atoms with Crippen LogP contribution in [-0.4, -0.2) is 35.6 Å². The van der Waals surface area contributed by atoms with Gasteiger partial charge in [-0.1, -0.05) is 54.6 Å². The van der Waals surface area contributed by atoms with Crippen molar-refractivity contribution in [3.63, 3.8) is 0 Å². The van der Waals surface area contributed by atoms with Crippen LogP contribution in [0, 0.1) is 0 Å². The standard InChI is InChI=1S/C34H33N3O2S/c1-2-37-33(38)32(40-34(37)35-28-15-17-29(18-16-28)36-21-6-3-7-22-36)23-25-13-19-30(20-14-25)39-24-27-11-8-10-26-9-4-5-12-31(26)27/h4-5,8-20,23H,2-3,6-7,21-22,24H2,1H3/b32-23-,35-34?. The molecule has 0 aromatic heterocycles. The monoisotopic (exact) mass is 547 g/mol. The molecule has 5 nitrogen and oxygen atoms in total. The zero-order valence-corrected chi connectivity index (χ0v) is 23.6. The van der Waals surface area contributed by atoms with Crippen LogP contribution in [0.4, 0.5) is 11.4 Å². The number of carbonyl (C=O) groups is 1. The maximum atomic E-state index is 13.2. The largest absolute Gasteiger partial charge is 0.489 e. The lowest BCUT2D eigenvalue weighted by atomic mass is 10.1. The first kappa shape index (κ1) is 26.2. The van der Waals surface area contributed by atoms with Crippen molar-refractivity contribution in [1.82, 2.24) is 4.90 Å². The van der Waals surface area contributed by atoms with Crippen molar-refractivity contribution < 1.29 is 9.53 Å². The van der Waals surface area contributed by atoms with Crippen molar-refractivity contribution in [3.05, 3.63) is 107 Å². The lowest BCUT2D eigenvalue weighted by Gasteiger charge is -2.28. The fraction of sp³-hybridized carbons (Fsp3) is 0.235. The van der Waals surface area contributed by atoms with Crippen molar-refractivity contribution in [1.29, 1.82) is 0 Å². The van der Waals surface area contributed by atoms with Gasteiger partial charge in [-0.25, -0.2) is 4.99 Å². The van der Waals surface area contributed by atoms with E-state index in [1.54, 1.807) is 4.90 Å². The van der Waals surface area contributed by atoms with Gasteiger partial charge in [0.25, 0.3) is 5.91 Å². The first-order valence-electron chi connectivity index (χ1n) is 14.0. The highest BCUT2D eigenvalue weighted by Gasteiger charge is 2.32. The van der Waals surface area contributed by atoms with Crippen LogP contribution < -0.4 is 9.64 Å². The van der Waals surface area contributed by atoms with Crippen molar-refractivity contribution in [3.8, 4) is 5.75 Å². The Balaban J connectivity index is 1.13. The van der Waals surface area contributed by atoms with Crippen molar-refractivity contribution in [2.45, 2.75) is 32.8 Å². The number of amidine groups is 1. The third-order valence-electron chi connectivity index (χ3n) is 7.45. The molecule has 0 aliphatic carbocycles. The van der Waals surface area contributed by atoms with E-state index < -0.39 is 0 Å². The minimum atomic E-state index is -0.00697. The summed E-state index contributed by atoms with van der Waals surface area (Å²) in [7, 11) is 0. The lowest BCUT2D eigenvalue weighted by Crippen LogP contribution is -2.29. The van der Waals surface area contributed by atoms with E-state index in [4.69, 9.17) is 9.73 Å². The number of rotatable bonds is 7. The van der Waals surface area contributed by atoms with E-state index in [9.17, 15) is 4.79 Å². The number of fused-ring (bicyclic) bond motifs is 1. The van der Waals surface area contributed by atoms with Crippen molar-refractivity contribution in [2.24, 2.45) is 4.99 Å². The van der Waals surface area contributed by atoms with Gasteiger partial charge in [-0.05, 0) is 102 Å². The minimum Gasteiger partial charge on any atom is -0.489 e. The van der Waals surface area contributed by atoms with Crippen LogP contribution in [-0.2, 0) is 11.4 Å². The molecule has 6 heteroatoms. The number of hydrogen-bond acceptors (Lipinski definition) is 5. The van der Waals surface area contributed by atoms with Gasteiger partial charge in [-0.2, -0.15) is 0 Å². The molecule has 0 N–H and O–H groups in total. The number of likely N-dealkylation sites (N-methyl/N-ethyl adjacent to an activating group) is 1. The highest BCUT2D eigenvalue weighted by atomic mass is 32.2. The molecule has 6 rings (SSSR count). The molecule has 2 saturated heterocycles. The Bertz CT molecular complexity index is 1550. The highest BCUT2D eigenvalue weighted by Crippen LogP contribution is 2.35. The van der Waals surface area contributed by atoms with Crippen LogP contribution in [0.3, 0.4) is 0 Å². The molecule has 0 atom stereocenters. The Morgan fingerprint density at radius 3 is 2.40 bits per heavy atom. The fourth-order valence-electron chi connectivity index (χ4n) is 5.26. The van der Waals surface area contributed by atoms with Gasteiger partial charge in [0.1, 0.15) is 12.4 Å². The number of hydrogen-bond donors (Lipinski definition) is 0. The topological polar surface area (TPSA) is 45.1 Å². The smallest absolute Gasteiger partial charge is 0.266 e. The molecule has 2 aliphatic rings. The zero-order valence-electron chi connectivity index (χ0n) is 22.8. The van der Waals surface area contributed by atoms with Crippen LogP contribution in [0.25, 0.3) is 16.8 Å². The minimum absolute atomic E-state index is 0.00697. The van der Waals surface area contributed by atoms with Gasteiger partial charge in [0.05, 0.1) is 10.6 Å². The maximum Gasteiger partial charge on any atom is 0.266 e. The fourth-order valence-corrected chi connectivity index (χ4v) is 6.32. The van der Waals surface area contributed by atoms with Crippen LogP contribution in [0.15, 0.2) is 101 Å². The molecule has 0 bridgehead atoms. The Kier molecular flexibility index (Phi) is 7.87. The summed E-state index contributed by atoms with van der Waals surface area (Å²) in [4.78, 5) is 22.9. The number of anilines is 1. The number of amides is 1. The summed E-state index contributed by atoms with van der Waals surface area (Å²) < 4.78 is 6.09. The third kappa shape index (κ3) is 5.77. The lowest BCUT2D eigenvalue weighted by molar-refractivity contribution is -0.122. The van der Waals surface area contributed by atoms with Gasteiger partial charge in [0.2, 0.25) is 0 Å². The molecule has 0 unspecified atom stereocenters. The normalized spacial score (nSPS) is 17.8. The van der Waals surface area contributed by atoms with E-state index in [0.717, 1.165) is 40.8 Å². The predicted octanol–water partition coefficient (Wildman–Crippen LogP) is 8.03. The quantitative estimate of drug-likeness (QED) is 0.220. The SMILES string of the molecule is CCN1C(=O)/C(=C/c2ccc(OCc3cccc4ccccc34)cc2)SC1=Nc1ccc(N2CCCCC2)cc1. The van der Waals surface area contributed by atoms with E-state index in [1.165, 1.54) is 47.5 Å². The second kappa shape index (κ2) is 12.0. The summed E-state index contributed by atoms with van der Waals surface area (Å²) >= 11 is 1.43. The van der Waals surface area contributed by atoms with Crippen LogP contribution in [0.5, 0.6) is 5.75 Å². The summed E-state index contributed by atoms with van der Waals surface area (Å²) in [6.07, 6.45) is 5.76. The van der Waals surface area contributed by atoms with Gasteiger partial charge >= 0.3 is 0 Å². The second-order valence-corrected chi connectivity index (χ2v) is 11.1. The van der Waals surface area contributed by atoms with E-state index >= 15 is 0 Å². The molecular weight excluding hydrogens is 514 g/mol. The molecule has 202 valence electrons. The van der Waals surface area contributed by atoms with E-state index in [0.29, 0.717) is 18.1 Å². The second-order valence-electron chi connectivity index (χ2n) is 10.1. The van der Waals surface area contributed by atoms with Crippen LogP contribution in [0.2, 0.25) is 0 Å². The molecule has 2 heterocycles. The zero-order chi connectivity index (χ0) is 27.3. The summed E-state index contributed by atoms with van der Waals surface area (Å²) in [6, 6.07) is 30.9. The molecule has 4 aromatic carbocycles. The highest BCUT2D eigenvalue weighted by molar-refractivity contribution is 8.18. The van der Waals surface area contributed by atoms with Crippen LogP contribution >= 0.6 is 11.8 Å². The predicted molar refractivity (Wildman–Crippen MR) is 167 cm³/mol. The number of piperidine rings is 1. The van der Waals surface area contributed by atoms with Gasteiger partial charge in [0.15, 0.2) is 5.17 Å². The summed E-state index contributed by atoms with van der Waals surface area (Å²) in [6.45, 7) is 5.30. The van der Waals surface area contributed by atoms with Crippen molar-refractivity contribution >= 4 is 51.1 Å². The average molecular weight is 548 g/mol. The Morgan fingerprint density at radius 1 is 0.875 bits per heavy atom. The molecule has 2 aliphatic heterocycles. The number of nitrogens with zero attached hydrogens (tertiary/aromatic N) is 3. The third-order valence-corrected chi connectivity index (χ3v) is 8.46. The van der Waals surface area contributed by atoms with E-state index in [-0.39, 0.29) is 5.91 Å². The Morgan fingerprint density at radius 2 is 1.62 bits per heavy atom. The first-order valence-corrected chi connectivity index (χ1v) is 14.8. The van der Waals surface area contributed by atoms with E-state index in [2.05, 4.69) is 71.6 Å². The van der Waals surface area contributed by atoms with Crippen LogP contribution in [0.1, 0.15) is 37.3 Å². The summed E-state index contributed by atoms with van der Waals surface area (Å²) in [5.41, 5.74) is 4.22. The molecule has 1 amide bonds. The Labute approximate surface area is 240 Å². The number of benzene rings is 4. The molecule has 0 spiro atoms. The maximum absolute atomic E-state index is 13.2. The summed E-state index contributed by atoms with van der Waals surface area (Å²) in [5.74, 6) is 0.790. The summed E-state index contributed by atoms with van der Waals surface area (Å²) in [5, 5.41) is 3.14. The number of ether oxygens (including phenoxy) is 1. The molecule has 0 radical (unpaired) electrons. The molecular formula is C34H33N3O2S. The molecule has 0 saturated carbocycles. The average Bonchev–Trinajstić information content (AvgIpc) is 3.30. The number of carbonyl (C=O) groups excluding carboxylic acids is 1. The number of thioether (sulfide) groups is 1. The van der Waals surface area contributed by atoms with Gasteiger partial charge in [-0.15, -0.1) is 0 Å². The molecule has 40 heavy (non-hydrogen) atoms. The number of aliphatic imine (C=N–C) groups is 1. The first-order chi connectivity index (χ1) is 19.7. The molecule has 4 aromatic rings. The van der Waals surface area contributed by atoms with Crippen molar-refractivity contribution in [2.75, 3.05) is 24.5 Å². The van der Waals surface area contributed by atoms with Gasteiger partial charge in [0, 0.05) is 25.3 Å². The molecule has 2 fully saturated rings.